The summed E-state index contributed by atoms with van der Waals surface area (Å²) in [5, 5.41) is 2.79. The number of hydrogen-bond acceptors (Lipinski definition) is 3. The van der Waals surface area contributed by atoms with Gasteiger partial charge in [0, 0.05) is 29.5 Å². The molecule has 0 saturated heterocycles. The van der Waals surface area contributed by atoms with Crippen LogP contribution < -0.4 is 11.1 Å². The Bertz CT molecular complexity index is 600. The van der Waals surface area contributed by atoms with E-state index in [1.165, 1.54) is 6.20 Å². The summed E-state index contributed by atoms with van der Waals surface area (Å²) in [6.07, 6.45) is 1.51. The summed E-state index contributed by atoms with van der Waals surface area (Å²) in [5.74, 6) is -2.73. The number of aromatic nitrogens is 1. The topological polar surface area (TPSA) is 50.9 Å². The zero-order valence-electron chi connectivity index (χ0n) is 11.0. The molecule has 0 saturated carbocycles. The summed E-state index contributed by atoms with van der Waals surface area (Å²) in [6, 6.07) is 2.13. The van der Waals surface area contributed by atoms with Gasteiger partial charge < -0.3 is 11.1 Å². The average Bonchev–Trinajstić information content (AvgIpc) is 2.35. The SMILES string of the molecule is CNC(c1c(F)cc(F)cc1F)c1c(C)ccnc1N. The first kappa shape index (κ1) is 14.3. The standard InChI is InChI=1S/C14H14F3N3/c1-7-3-4-20-14(18)11(7)13(19-2)12-9(16)5-8(15)6-10(12)17/h3-6,13,19H,1-2H3,(H2,18,20). The van der Waals surface area contributed by atoms with Crippen LogP contribution in [0.3, 0.4) is 0 Å². The van der Waals surface area contributed by atoms with Gasteiger partial charge in [-0.2, -0.15) is 0 Å². The van der Waals surface area contributed by atoms with Gasteiger partial charge in [0.2, 0.25) is 0 Å². The van der Waals surface area contributed by atoms with Crippen molar-refractivity contribution in [1.29, 1.82) is 0 Å². The predicted molar refractivity (Wildman–Crippen MR) is 70.6 cm³/mol. The number of anilines is 1. The van der Waals surface area contributed by atoms with Crippen molar-refractivity contribution in [2.45, 2.75) is 13.0 Å². The Kier molecular flexibility index (Phi) is 3.94. The number of nitrogens with one attached hydrogen (secondary N) is 1. The second-order valence-corrected chi connectivity index (χ2v) is 4.43. The summed E-state index contributed by atoms with van der Waals surface area (Å²) in [7, 11) is 1.54. The molecule has 0 aliphatic heterocycles. The third kappa shape index (κ3) is 2.46. The number of nitrogens with zero attached hydrogens (tertiary/aromatic N) is 1. The van der Waals surface area contributed by atoms with Crippen molar-refractivity contribution < 1.29 is 13.2 Å². The third-order valence-corrected chi connectivity index (χ3v) is 3.15. The Morgan fingerprint density at radius 3 is 2.25 bits per heavy atom. The highest BCUT2D eigenvalue weighted by Crippen LogP contribution is 2.31. The highest BCUT2D eigenvalue weighted by molar-refractivity contribution is 5.50. The Morgan fingerprint density at radius 1 is 1.15 bits per heavy atom. The molecule has 1 atom stereocenters. The molecular formula is C14H14F3N3. The molecule has 6 heteroatoms. The van der Waals surface area contributed by atoms with Crippen LogP contribution in [0.4, 0.5) is 19.0 Å². The van der Waals surface area contributed by atoms with Gasteiger partial charge in [-0.25, -0.2) is 18.2 Å². The lowest BCUT2D eigenvalue weighted by Gasteiger charge is -2.21. The van der Waals surface area contributed by atoms with E-state index in [1.54, 1.807) is 20.0 Å². The van der Waals surface area contributed by atoms with Gasteiger partial charge in [-0.3, -0.25) is 0 Å². The minimum Gasteiger partial charge on any atom is -0.383 e. The molecule has 0 bridgehead atoms. The lowest BCUT2D eigenvalue weighted by atomic mass is 9.95. The van der Waals surface area contributed by atoms with E-state index in [4.69, 9.17) is 5.73 Å². The quantitative estimate of drug-likeness (QED) is 0.909. The van der Waals surface area contributed by atoms with Gasteiger partial charge in [0.15, 0.2) is 0 Å². The number of aryl methyl sites for hydroxylation is 1. The maximum Gasteiger partial charge on any atom is 0.134 e. The van der Waals surface area contributed by atoms with E-state index in [0.717, 1.165) is 5.56 Å². The van der Waals surface area contributed by atoms with Crippen LogP contribution in [0.2, 0.25) is 0 Å². The summed E-state index contributed by atoms with van der Waals surface area (Å²) in [5.41, 5.74) is 6.72. The van der Waals surface area contributed by atoms with Crippen LogP contribution in [0, 0.1) is 24.4 Å². The molecule has 3 nitrogen and oxygen atoms in total. The zero-order valence-corrected chi connectivity index (χ0v) is 11.0. The number of hydrogen-bond donors (Lipinski definition) is 2. The van der Waals surface area contributed by atoms with Crippen molar-refractivity contribution >= 4 is 5.82 Å². The normalized spacial score (nSPS) is 12.4. The van der Waals surface area contributed by atoms with Crippen molar-refractivity contribution in [2.75, 3.05) is 12.8 Å². The van der Waals surface area contributed by atoms with Crippen LogP contribution >= 0.6 is 0 Å². The van der Waals surface area contributed by atoms with Crippen LogP contribution in [0.5, 0.6) is 0 Å². The molecule has 0 aliphatic carbocycles. The van der Waals surface area contributed by atoms with Gasteiger partial charge in [0.1, 0.15) is 23.3 Å². The number of halogens is 3. The van der Waals surface area contributed by atoms with Crippen LogP contribution in [0.1, 0.15) is 22.7 Å². The van der Waals surface area contributed by atoms with Gasteiger partial charge in [-0.05, 0) is 25.6 Å². The van der Waals surface area contributed by atoms with Crippen molar-refractivity contribution in [3.05, 3.63) is 58.5 Å². The highest BCUT2D eigenvalue weighted by atomic mass is 19.1. The number of pyridine rings is 1. The second kappa shape index (κ2) is 5.50. The molecule has 0 fully saturated rings. The average molecular weight is 281 g/mol. The number of nitrogen functional groups attached to an aromatic ring is 1. The fourth-order valence-corrected chi connectivity index (χ4v) is 2.23. The minimum absolute atomic E-state index is 0.174. The lowest BCUT2D eigenvalue weighted by Crippen LogP contribution is -2.23. The number of nitrogens with two attached hydrogens (primary N) is 1. The van der Waals surface area contributed by atoms with E-state index in [1.807, 2.05) is 0 Å². The molecule has 1 unspecified atom stereocenters. The Morgan fingerprint density at radius 2 is 1.75 bits per heavy atom. The zero-order chi connectivity index (χ0) is 14.9. The number of rotatable bonds is 3. The number of benzene rings is 1. The first-order valence-corrected chi connectivity index (χ1v) is 5.98. The molecule has 106 valence electrons. The lowest BCUT2D eigenvalue weighted by molar-refractivity contribution is 0.499. The summed E-state index contributed by atoms with van der Waals surface area (Å²) in [4.78, 5) is 3.93. The molecule has 0 radical (unpaired) electrons. The van der Waals surface area contributed by atoms with Crippen molar-refractivity contribution in [3.8, 4) is 0 Å². The second-order valence-electron chi connectivity index (χ2n) is 4.43. The molecule has 0 amide bonds. The molecule has 3 N–H and O–H groups in total. The molecular weight excluding hydrogens is 267 g/mol. The minimum atomic E-state index is -0.968. The van der Waals surface area contributed by atoms with Gasteiger partial charge in [-0.15, -0.1) is 0 Å². The van der Waals surface area contributed by atoms with Crippen molar-refractivity contribution in [3.63, 3.8) is 0 Å². The van der Waals surface area contributed by atoms with Crippen molar-refractivity contribution in [2.24, 2.45) is 0 Å². The Hall–Kier alpha value is -2.08. The highest BCUT2D eigenvalue weighted by Gasteiger charge is 2.25. The van der Waals surface area contributed by atoms with E-state index in [0.29, 0.717) is 17.7 Å². The fraction of sp³-hybridized carbons (Fsp3) is 0.214. The molecule has 2 rings (SSSR count). The van der Waals surface area contributed by atoms with Gasteiger partial charge in [0.05, 0.1) is 6.04 Å². The summed E-state index contributed by atoms with van der Waals surface area (Å²) in [6.45, 7) is 1.76. The Labute approximate surface area is 114 Å². The van der Waals surface area contributed by atoms with E-state index in [-0.39, 0.29) is 11.4 Å². The maximum absolute atomic E-state index is 13.9. The molecule has 2 aromatic rings. The first-order valence-electron chi connectivity index (χ1n) is 5.98. The Balaban J connectivity index is 2.65. The van der Waals surface area contributed by atoms with Gasteiger partial charge in [-0.1, -0.05) is 0 Å². The molecule has 1 heterocycles. The summed E-state index contributed by atoms with van der Waals surface area (Å²) >= 11 is 0. The van der Waals surface area contributed by atoms with E-state index < -0.39 is 23.5 Å². The fourth-order valence-electron chi connectivity index (χ4n) is 2.23. The van der Waals surface area contributed by atoms with Crippen LogP contribution in [-0.4, -0.2) is 12.0 Å². The van der Waals surface area contributed by atoms with E-state index >= 15 is 0 Å². The van der Waals surface area contributed by atoms with Crippen molar-refractivity contribution in [1.82, 2.24) is 10.3 Å². The van der Waals surface area contributed by atoms with Crippen LogP contribution in [-0.2, 0) is 0 Å². The smallest absolute Gasteiger partial charge is 0.134 e. The molecule has 1 aromatic heterocycles. The summed E-state index contributed by atoms with van der Waals surface area (Å²) < 4.78 is 40.8. The maximum atomic E-state index is 13.9. The van der Waals surface area contributed by atoms with Crippen LogP contribution in [0.25, 0.3) is 0 Å². The van der Waals surface area contributed by atoms with E-state index in [9.17, 15) is 13.2 Å². The monoisotopic (exact) mass is 281 g/mol. The third-order valence-electron chi connectivity index (χ3n) is 3.15. The molecule has 0 aliphatic rings. The largest absolute Gasteiger partial charge is 0.383 e. The molecule has 1 aromatic carbocycles. The van der Waals surface area contributed by atoms with Gasteiger partial charge >= 0.3 is 0 Å². The molecule has 20 heavy (non-hydrogen) atoms. The van der Waals surface area contributed by atoms with Gasteiger partial charge in [0.25, 0.3) is 0 Å². The van der Waals surface area contributed by atoms with E-state index in [2.05, 4.69) is 10.3 Å². The predicted octanol–water partition coefficient (Wildman–Crippen LogP) is 2.70. The molecule has 0 spiro atoms. The first-order chi connectivity index (χ1) is 9.45. The van der Waals surface area contributed by atoms with Crippen LogP contribution in [0.15, 0.2) is 24.4 Å².